The number of hydrogen-bond donors (Lipinski definition) is 4. The number of ether oxygens (including phenoxy) is 2. The van der Waals surface area contributed by atoms with E-state index in [9.17, 15) is 10.2 Å². The summed E-state index contributed by atoms with van der Waals surface area (Å²) < 4.78 is 17.5. The number of phenols is 2. The number of rotatable bonds is 6. The highest BCUT2D eigenvalue weighted by atomic mass is 16.6. The molecule has 272 valence electrons. The van der Waals surface area contributed by atoms with Crippen LogP contribution in [0.3, 0.4) is 0 Å². The molecule has 0 saturated carbocycles. The quantitative estimate of drug-likeness (QED) is 0.111. The van der Waals surface area contributed by atoms with Crippen molar-refractivity contribution in [2.45, 2.75) is 48.5 Å². The molecule has 3 heterocycles. The summed E-state index contributed by atoms with van der Waals surface area (Å²) in [5, 5.41) is 23.1. The predicted molar refractivity (Wildman–Crippen MR) is 203 cm³/mol. The first kappa shape index (κ1) is 36.9. The molecular formula is C39H50N6O6. The van der Waals surface area contributed by atoms with Gasteiger partial charge in [-0.05, 0) is 83.9 Å². The highest BCUT2D eigenvalue weighted by Gasteiger charge is 2.21. The van der Waals surface area contributed by atoms with E-state index in [2.05, 4.69) is 45.7 Å². The van der Waals surface area contributed by atoms with Gasteiger partial charge >= 0.3 is 0 Å². The number of aryl methyl sites for hydroxylation is 2. The number of hydrogen-bond acceptors (Lipinski definition) is 12. The molecule has 3 aromatic carbocycles. The average Bonchev–Trinajstić information content (AvgIpc) is 3.13. The van der Waals surface area contributed by atoms with Crippen LogP contribution in [-0.2, 0) is 0 Å². The molecule has 51 heavy (non-hydrogen) atoms. The van der Waals surface area contributed by atoms with Gasteiger partial charge in [0.15, 0.2) is 22.8 Å². The fraction of sp³-hybridized carbons (Fsp3) is 0.385. The van der Waals surface area contributed by atoms with Gasteiger partial charge in [-0.1, -0.05) is 0 Å². The van der Waals surface area contributed by atoms with Crippen molar-refractivity contribution in [1.82, 2.24) is 4.98 Å². The summed E-state index contributed by atoms with van der Waals surface area (Å²) in [5.41, 5.74) is 8.45. The molecule has 0 aromatic heterocycles. The fourth-order valence-corrected chi connectivity index (χ4v) is 6.22. The summed E-state index contributed by atoms with van der Waals surface area (Å²) >= 11 is 0. The zero-order valence-electron chi connectivity index (χ0n) is 30.7. The third-order valence-corrected chi connectivity index (χ3v) is 8.93. The molecule has 4 aliphatic rings. The van der Waals surface area contributed by atoms with E-state index in [1.165, 1.54) is 0 Å². The molecule has 0 unspecified atom stereocenters. The van der Waals surface area contributed by atoms with Crippen molar-refractivity contribution in [1.29, 1.82) is 0 Å². The van der Waals surface area contributed by atoms with Gasteiger partial charge in [0.05, 0.1) is 29.8 Å². The molecular weight excluding hydrogens is 648 g/mol. The van der Waals surface area contributed by atoms with Gasteiger partial charge in [-0.15, -0.1) is 0 Å². The van der Waals surface area contributed by atoms with Crippen LogP contribution in [-0.4, -0.2) is 67.7 Å². The van der Waals surface area contributed by atoms with Crippen molar-refractivity contribution in [3.05, 3.63) is 70.6 Å². The van der Waals surface area contributed by atoms with Gasteiger partial charge < -0.3 is 44.1 Å². The molecule has 0 amide bonds. The normalized spacial score (nSPS) is 13.6. The lowest BCUT2D eigenvalue weighted by molar-refractivity contribution is 0.307. The second-order valence-electron chi connectivity index (χ2n) is 12.3. The Morgan fingerprint density at radius 2 is 1.59 bits per heavy atom. The summed E-state index contributed by atoms with van der Waals surface area (Å²) in [6.45, 7) is 20.9. The Kier molecular flexibility index (Phi) is 12.0. The first-order chi connectivity index (χ1) is 24.6. The molecule has 0 bridgehead atoms. The minimum atomic E-state index is 0.0454. The van der Waals surface area contributed by atoms with E-state index in [1.807, 2.05) is 58.0 Å². The molecule has 7 rings (SSSR count). The smallest absolute Gasteiger partial charge is 0.188 e. The summed E-state index contributed by atoms with van der Waals surface area (Å²) in [6.07, 6.45) is 0. The number of nitrogens with zero attached hydrogens (tertiary/aromatic N) is 4. The van der Waals surface area contributed by atoms with Crippen molar-refractivity contribution in [3.8, 4) is 40.2 Å². The highest BCUT2D eigenvalue weighted by molar-refractivity contribution is 5.84. The van der Waals surface area contributed by atoms with E-state index >= 15 is 0 Å². The topological polar surface area (TPSA) is 151 Å². The van der Waals surface area contributed by atoms with Crippen molar-refractivity contribution in [2.24, 2.45) is 10.9 Å². The number of aromatic hydroxyl groups is 2. The van der Waals surface area contributed by atoms with E-state index in [-0.39, 0.29) is 5.75 Å². The number of nitrogens with one attached hydrogen (secondary N) is 1. The lowest BCUT2D eigenvalue weighted by Crippen LogP contribution is -2.32. The summed E-state index contributed by atoms with van der Waals surface area (Å²) in [5.74, 6) is 8.17. The lowest BCUT2D eigenvalue weighted by atomic mass is 10.1. The predicted octanol–water partition coefficient (Wildman–Crippen LogP) is 6.68. The van der Waals surface area contributed by atoms with Crippen LogP contribution in [0.25, 0.3) is 22.6 Å². The Labute approximate surface area is 299 Å². The van der Waals surface area contributed by atoms with Crippen molar-refractivity contribution in [2.75, 3.05) is 67.6 Å². The number of anilines is 3. The molecule has 0 radical (unpaired) electrons. The molecule has 1 aliphatic carbocycles. The molecule has 0 spiro atoms. The van der Waals surface area contributed by atoms with E-state index in [1.54, 1.807) is 18.2 Å². The van der Waals surface area contributed by atoms with E-state index in [0.717, 1.165) is 119 Å². The first-order valence-corrected chi connectivity index (χ1v) is 17.5. The number of benzene rings is 4. The van der Waals surface area contributed by atoms with Crippen LogP contribution in [0.1, 0.15) is 44.4 Å². The van der Waals surface area contributed by atoms with Crippen molar-refractivity contribution >= 4 is 28.2 Å². The Morgan fingerprint density at radius 3 is 2.27 bits per heavy atom. The maximum Gasteiger partial charge on any atom is 0.188 e. The third-order valence-electron chi connectivity index (χ3n) is 8.93. The van der Waals surface area contributed by atoms with Gasteiger partial charge in [0, 0.05) is 61.7 Å². The van der Waals surface area contributed by atoms with Crippen molar-refractivity contribution in [3.63, 3.8) is 0 Å². The number of nitrogens with two attached hydrogens (primary N) is 1. The van der Waals surface area contributed by atoms with Crippen LogP contribution < -0.4 is 40.7 Å². The first-order valence-electron chi connectivity index (χ1n) is 17.5. The van der Waals surface area contributed by atoms with Crippen LogP contribution in [0.2, 0.25) is 0 Å². The van der Waals surface area contributed by atoms with Crippen molar-refractivity contribution < 1.29 is 28.9 Å². The molecule has 12 nitrogen and oxygen atoms in total. The van der Waals surface area contributed by atoms with Crippen LogP contribution in [0.5, 0.6) is 28.7 Å². The number of aromatic nitrogens is 1. The van der Waals surface area contributed by atoms with E-state index < -0.39 is 0 Å². The maximum absolute atomic E-state index is 9.61. The van der Waals surface area contributed by atoms with Crippen LogP contribution >= 0.6 is 0 Å². The minimum absolute atomic E-state index is 0.0454. The Bertz CT molecular complexity index is 2010. The van der Waals surface area contributed by atoms with Crippen LogP contribution in [0.4, 0.5) is 17.1 Å². The maximum atomic E-state index is 9.61. The summed E-state index contributed by atoms with van der Waals surface area (Å²) in [7, 11) is 0. The average molecular weight is 699 g/mol. The van der Waals surface area contributed by atoms with Gasteiger partial charge in [0.25, 0.3) is 0 Å². The second-order valence-corrected chi connectivity index (χ2v) is 12.3. The SMILES string of the molecule is CCN1CCOc2ccc(O)c(C)c21.CCN=c1cc2oc3cc4c(cc3nc-2cc1C)OCCN4CC.CCNc1cc(O)c(ON)cc1C. The summed E-state index contributed by atoms with van der Waals surface area (Å²) in [4.78, 5) is 18.3. The molecule has 12 heteroatoms. The van der Waals surface area contributed by atoms with Gasteiger partial charge in [0.1, 0.15) is 41.7 Å². The Balaban J connectivity index is 0.000000160. The Hall–Kier alpha value is -5.36. The zero-order valence-corrected chi connectivity index (χ0v) is 30.7. The Morgan fingerprint density at radius 1 is 0.863 bits per heavy atom. The van der Waals surface area contributed by atoms with Crippen LogP contribution in [0, 0.1) is 20.8 Å². The van der Waals surface area contributed by atoms with Gasteiger partial charge in [-0.3, -0.25) is 4.99 Å². The summed E-state index contributed by atoms with van der Waals surface area (Å²) in [6, 6.07) is 14.8. The second kappa shape index (κ2) is 16.6. The van der Waals surface area contributed by atoms with Crippen LogP contribution in [0.15, 0.2) is 57.9 Å². The lowest BCUT2D eigenvalue weighted by Gasteiger charge is -2.31. The molecule has 5 N–H and O–H groups in total. The third kappa shape index (κ3) is 8.18. The largest absolute Gasteiger partial charge is 0.508 e. The minimum Gasteiger partial charge on any atom is -0.508 e. The monoisotopic (exact) mass is 698 g/mol. The zero-order chi connectivity index (χ0) is 36.7. The number of fused-ring (bicyclic) bond motifs is 4. The number of phenolic OH excluding ortho intramolecular Hbond substituents is 2. The number of likely N-dealkylation sites (N-methyl/N-ethyl adjacent to an activating group) is 2. The van der Waals surface area contributed by atoms with Gasteiger partial charge in [-0.25, -0.2) is 4.98 Å². The molecule has 0 saturated heterocycles. The van der Waals surface area contributed by atoms with Gasteiger partial charge in [0.2, 0.25) is 0 Å². The fourth-order valence-electron chi connectivity index (χ4n) is 6.22. The molecule has 0 atom stereocenters. The highest BCUT2D eigenvalue weighted by Crippen LogP contribution is 2.39. The molecule has 3 aliphatic heterocycles. The van der Waals surface area contributed by atoms with E-state index in [4.69, 9.17) is 24.8 Å². The molecule has 3 aromatic rings. The molecule has 0 fully saturated rings. The van der Waals surface area contributed by atoms with E-state index in [0.29, 0.717) is 18.1 Å². The standard InChI is InChI=1S/C19H21N3O2.C11H15NO2.C9H14N2O2/c1-4-20-13-9-17-14(8-12(13)3)21-15-10-19-16(11-18(15)24-17)22(5-2)6-7-23-19;1-3-12-6-7-14-10-5-4-9(13)8(2)11(10)12;1-3-11-7-5-8(12)9(13-10)4-6(7)2/h8-11H,4-7H2,1-3H3;4-5,13H,3,6-7H2,1-2H3;4-5,11-12H,3,10H2,1-2H3. The van der Waals surface area contributed by atoms with Gasteiger partial charge in [-0.2, -0.15) is 5.90 Å².